The van der Waals surface area contributed by atoms with Crippen molar-refractivity contribution < 1.29 is 18.0 Å². The first-order chi connectivity index (χ1) is 12.9. The molecule has 1 aromatic carbocycles. The largest absolute Gasteiger partial charge is 0.338 e. The first-order valence-electron chi connectivity index (χ1n) is 8.85. The van der Waals surface area contributed by atoms with Crippen molar-refractivity contribution in [3.63, 3.8) is 0 Å². The molecule has 0 bridgehead atoms. The average Bonchev–Trinajstić information content (AvgIpc) is 3.14. The second-order valence-electron chi connectivity index (χ2n) is 6.38. The Morgan fingerprint density at radius 1 is 1.19 bits per heavy atom. The van der Waals surface area contributed by atoms with Crippen molar-refractivity contribution in [3.8, 4) is 0 Å². The fourth-order valence-electron chi connectivity index (χ4n) is 3.05. The van der Waals surface area contributed by atoms with E-state index in [0.29, 0.717) is 13.1 Å². The lowest BCUT2D eigenvalue weighted by Gasteiger charge is -2.27. The number of nitrogens with zero attached hydrogens (tertiary/aromatic N) is 1. The zero-order valence-electron chi connectivity index (χ0n) is 15.1. The Morgan fingerprint density at radius 2 is 1.96 bits per heavy atom. The fraction of sp³-hybridized carbons (Fsp3) is 0.368. The van der Waals surface area contributed by atoms with Gasteiger partial charge in [0.25, 0.3) is 0 Å². The summed E-state index contributed by atoms with van der Waals surface area (Å²) in [5, 5.41) is 4.67. The van der Waals surface area contributed by atoms with Gasteiger partial charge in [-0.2, -0.15) is 0 Å². The van der Waals surface area contributed by atoms with Crippen molar-refractivity contribution in [2.75, 3.05) is 17.6 Å². The summed E-state index contributed by atoms with van der Waals surface area (Å²) in [6.45, 7) is 2.83. The van der Waals surface area contributed by atoms with E-state index in [2.05, 4.69) is 5.32 Å². The number of benzene rings is 1. The molecule has 0 spiro atoms. The molecule has 27 heavy (non-hydrogen) atoms. The Kier molecular flexibility index (Phi) is 5.96. The smallest absolute Gasteiger partial charge is 0.224 e. The average molecular weight is 407 g/mol. The second kappa shape index (κ2) is 8.22. The molecule has 0 radical (unpaired) electrons. The van der Waals surface area contributed by atoms with Crippen LogP contribution in [0.1, 0.15) is 30.2 Å². The first kappa shape index (κ1) is 19.6. The Morgan fingerprint density at radius 3 is 2.74 bits per heavy atom. The zero-order chi connectivity index (χ0) is 19.4. The van der Waals surface area contributed by atoms with Crippen LogP contribution in [0.3, 0.4) is 0 Å². The molecule has 144 valence electrons. The number of amides is 2. The number of fused-ring (bicyclic) bond motifs is 1. The maximum Gasteiger partial charge on any atom is 0.224 e. The SMILES string of the molecule is CCS(=O)(=O)c1ccccc1NC(=O)CCC(=O)N1CCc2sccc2C1. The van der Waals surface area contributed by atoms with E-state index in [1.54, 1.807) is 41.4 Å². The molecule has 0 aliphatic carbocycles. The molecule has 0 unspecified atom stereocenters. The van der Waals surface area contributed by atoms with Gasteiger partial charge in [0.05, 0.1) is 16.3 Å². The molecular formula is C19H22N2O4S2. The third kappa shape index (κ3) is 4.56. The van der Waals surface area contributed by atoms with Gasteiger partial charge in [-0.25, -0.2) is 8.42 Å². The van der Waals surface area contributed by atoms with E-state index < -0.39 is 9.84 Å². The lowest BCUT2D eigenvalue weighted by atomic mass is 10.1. The number of para-hydroxylation sites is 1. The first-order valence-corrected chi connectivity index (χ1v) is 11.4. The molecule has 3 rings (SSSR count). The summed E-state index contributed by atoms with van der Waals surface area (Å²) in [6, 6.07) is 8.37. The minimum Gasteiger partial charge on any atom is -0.338 e. The van der Waals surface area contributed by atoms with E-state index in [4.69, 9.17) is 0 Å². The van der Waals surface area contributed by atoms with Crippen molar-refractivity contribution in [1.82, 2.24) is 4.90 Å². The number of carbonyl (C=O) groups is 2. The summed E-state index contributed by atoms with van der Waals surface area (Å²) < 4.78 is 24.3. The van der Waals surface area contributed by atoms with Crippen molar-refractivity contribution in [2.45, 2.75) is 37.6 Å². The fourth-order valence-corrected chi connectivity index (χ4v) is 4.99. The molecule has 0 saturated carbocycles. The summed E-state index contributed by atoms with van der Waals surface area (Å²) in [5.41, 5.74) is 1.44. The number of thiophene rings is 1. The van der Waals surface area contributed by atoms with Gasteiger partial charge in [-0.15, -0.1) is 11.3 Å². The Bertz CT molecular complexity index is 950. The van der Waals surface area contributed by atoms with Gasteiger partial charge in [0.1, 0.15) is 0 Å². The van der Waals surface area contributed by atoms with Gasteiger partial charge in [0.2, 0.25) is 11.8 Å². The molecule has 1 aromatic heterocycles. The minimum absolute atomic E-state index is 0.0202. The summed E-state index contributed by atoms with van der Waals surface area (Å²) in [5.74, 6) is -0.468. The molecule has 2 aromatic rings. The molecule has 6 nitrogen and oxygen atoms in total. The molecule has 2 heterocycles. The predicted molar refractivity (Wildman–Crippen MR) is 105 cm³/mol. The molecule has 0 atom stereocenters. The molecule has 2 amide bonds. The number of carbonyl (C=O) groups excluding carboxylic acids is 2. The molecule has 1 aliphatic heterocycles. The third-order valence-electron chi connectivity index (χ3n) is 4.60. The minimum atomic E-state index is -3.43. The van der Waals surface area contributed by atoms with Crippen LogP contribution in [-0.2, 0) is 32.4 Å². The molecular weight excluding hydrogens is 384 g/mol. The zero-order valence-corrected chi connectivity index (χ0v) is 16.7. The van der Waals surface area contributed by atoms with Gasteiger partial charge in [-0.3, -0.25) is 9.59 Å². The van der Waals surface area contributed by atoms with Gasteiger partial charge in [-0.1, -0.05) is 19.1 Å². The van der Waals surface area contributed by atoms with Crippen LogP contribution in [0.4, 0.5) is 5.69 Å². The number of nitrogens with one attached hydrogen (secondary N) is 1. The highest BCUT2D eigenvalue weighted by atomic mass is 32.2. The highest BCUT2D eigenvalue weighted by Crippen LogP contribution is 2.25. The molecule has 1 aliphatic rings. The van der Waals surface area contributed by atoms with Crippen molar-refractivity contribution >= 4 is 38.7 Å². The van der Waals surface area contributed by atoms with Crippen LogP contribution in [0.5, 0.6) is 0 Å². The van der Waals surface area contributed by atoms with E-state index in [-0.39, 0.29) is 41.0 Å². The van der Waals surface area contributed by atoms with Crippen LogP contribution in [0.15, 0.2) is 40.6 Å². The number of sulfone groups is 1. The van der Waals surface area contributed by atoms with Crippen molar-refractivity contribution in [2.24, 2.45) is 0 Å². The van der Waals surface area contributed by atoms with Gasteiger partial charge >= 0.3 is 0 Å². The summed E-state index contributed by atoms with van der Waals surface area (Å²) in [6.07, 6.45) is 0.980. The van der Waals surface area contributed by atoms with Gasteiger partial charge in [0, 0.05) is 30.8 Å². The maximum absolute atomic E-state index is 12.4. The van der Waals surface area contributed by atoms with Gasteiger partial charge in [-0.05, 0) is 35.6 Å². The monoisotopic (exact) mass is 406 g/mol. The number of anilines is 1. The molecule has 0 saturated heterocycles. The Labute approximate surface area is 163 Å². The number of hydrogen-bond donors (Lipinski definition) is 1. The van der Waals surface area contributed by atoms with E-state index in [1.807, 2.05) is 11.4 Å². The van der Waals surface area contributed by atoms with Crippen LogP contribution in [0.25, 0.3) is 0 Å². The van der Waals surface area contributed by atoms with Crippen LogP contribution in [0.2, 0.25) is 0 Å². The molecule has 1 N–H and O–H groups in total. The maximum atomic E-state index is 12.4. The highest BCUT2D eigenvalue weighted by Gasteiger charge is 2.22. The van der Waals surface area contributed by atoms with E-state index in [9.17, 15) is 18.0 Å². The lowest BCUT2D eigenvalue weighted by molar-refractivity contribution is -0.133. The summed E-state index contributed by atoms with van der Waals surface area (Å²) >= 11 is 1.71. The predicted octanol–water partition coefficient (Wildman–Crippen LogP) is 2.85. The van der Waals surface area contributed by atoms with Crippen LogP contribution >= 0.6 is 11.3 Å². The summed E-state index contributed by atoms with van der Waals surface area (Å²) in [7, 11) is -3.43. The normalized spacial score (nSPS) is 13.9. The molecule has 0 fully saturated rings. The topological polar surface area (TPSA) is 83.5 Å². The number of hydrogen-bond acceptors (Lipinski definition) is 5. The van der Waals surface area contributed by atoms with Crippen LogP contribution in [-0.4, -0.2) is 37.4 Å². The quantitative estimate of drug-likeness (QED) is 0.800. The third-order valence-corrected chi connectivity index (χ3v) is 7.41. The van der Waals surface area contributed by atoms with Crippen LogP contribution < -0.4 is 5.32 Å². The van der Waals surface area contributed by atoms with Crippen molar-refractivity contribution in [1.29, 1.82) is 0 Å². The molecule has 8 heteroatoms. The van der Waals surface area contributed by atoms with Gasteiger partial charge < -0.3 is 10.2 Å². The van der Waals surface area contributed by atoms with E-state index in [0.717, 1.165) is 6.42 Å². The van der Waals surface area contributed by atoms with E-state index >= 15 is 0 Å². The standard InChI is InChI=1S/C19H22N2O4S2/c1-2-27(24,25)17-6-4-3-5-15(17)20-18(22)7-8-19(23)21-11-9-16-14(13-21)10-12-26-16/h3-6,10,12H,2,7-9,11,13H2,1H3,(H,20,22). The Hall–Kier alpha value is -2.19. The Balaban J connectivity index is 1.57. The van der Waals surface area contributed by atoms with E-state index in [1.165, 1.54) is 16.5 Å². The van der Waals surface area contributed by atoms with Crippen molar-refractivity contribution in [3.05, 3.63) is 46.2 Å². The second-order valence-corrected chi connectivity index (χ2v) is 9.63. The highest BCUT2D eigenvalue weighted by molar-refractivity contribution is 7.91. The summed E-state index contributed by atoms with van der Waals surface area (Å²) in [4.78, 5) is 27.9. The number of rotatable bonds is 6. The van der Waals surface area contributed by atoms with Gasteiger partial charge in [0.15, 0.2) is 9.84 Å². The lowest BCUT2D eigenvalue weighted by Crippen LogP contribution is -2.35. The van der Waals surface area contributed by atoms with Crippen LogP contribution in [0, 0.1) is 0 Å².